The fraction of sp³-hybridized carbons (Fsp3) is 0.588. The van der Waals surface area contributed by atoms with Gasteiger partial charge in [-0.2, -0.15) is 0 Å². The Morgan fingerprint density at radius 1 is 1.25 bits per heavy atom. The highest BCUT2D eigenvalue weighted by atomic mass is 16.5. The molecule has 0 saturated heterocycles. The number of aromatic hydroxyl groups is 1. The van der Waals surface area contributed by atoms with E-state index in [1.165, 1.54) is 18.6 Å². The van der Waals surface area contributed by atoms with Gasteiger partial charge in [-0.3, -0.25) is 0 Å². The zero-order valence-corrected chi connectivity index (χ0v) is 12.3. The van der Waals surface area contributed by atoms with Crippen LogP contribution in [-0.2, 0) is 4.74 Å². The van der Waals surface area contributed by atoms with Crippen molar-refractivity contribution in [3.05, 3.63) is 29.8 Å². The molecule has 1 aromatic rings. The minimum atomic E-state index is -0.278. The van der Waals surface area contributed by atoms with Gasteiger partial charge in [-0.15, -0.1) is 0 Å². The topological polar surface area (TPSA) is 46.5 Å². The minimum Gasteiger partial charge on any atom is -0.508 e. The number of phenols is 1. The van der Waals surface area contributed by atoms with Gasteiger partial charge in [0.05, 0.1) is 5.56 Å². The van der Waals surface area contributed by atoms with Gasteiger partial charge in [-0.1, -0.05) is 20.8 Å². The second kappa shape index (κ2) is 4.24. The average Bonchev–Trinajstić information content (AvgIpc) is 2.72. The second-order valence-corrected chi connectivity index (χ2v) is 7.05. The Morgan fingerprint density at radius 2 is 1.90 bits per heavy atom. The van der Waals surface area contributed by atoms with Gasteiger partial charge in [0.2, 0.25) is 0 Å². The van der Waals surface area contributed by atoms with Crippen molar-refractivity contribution >= 4 is 5.97 Å². The van der Waals surface area contributed by atoms with Crippen molar-refractivity contribution in [3.8, 4) is 5.75 Å². The van der Waals surface area contributed by atoms with Crippen molar-refractivity contribution in [2.45, 2.75) is 46.1 Å². The Hall–Kier alpha value is -1.51. The first-order valence-electron chi connectivity index (χ1n) is 7.34. The number of hydrogen-bond acceptors (Lipinski definition) is 3. The number of hydrogen-bond donors (Lipinski definition) is 1. The molecule has 0 amide bonds. The van der Waals surface area contributed by atoms with Crippen molar-refractivity contribution in [2.75, 3.05) is 0 Å². The Labute approximate surface area is 120 Å². The Kier molecular flexibility index (Phi) is 2.86. The second-order valence-electron chi connectivity index (χ2n) is 7.05. The molecular weight excluding hydrogens is 252 g/mol. The fourth-order valence-corrected chi connectivity index (χ4v) is 4.10. The average molecular weight is 274 g/mol. The molecule has 2 fully saturated rings. The number of fused-ring (bicyclic) bond motifs is 2. The molecule has 0 aromatic heterocycles. The van der Waals surface area contributed by atoms with E-state index in [1.807, 2.05) is 0 Å². The number of ether oxygens (including phenoxy) is 1. The Bertz CT molecular complexity index is 532. The van der Waals surface area contributed by atoms with Gasteiger partial charge in [-0.05, 0) is 54.9 Å². The monoisotopic (exact) mass is 274 g/mol. The lowest BCUT2D eigenvalue weighted by Crippen LogP contribution is -2.38. The maximum absolute atomic E-state index is 12.2. The molecule has 3 rings (SSSR count). The first kappa shape index (κ1) is 13.5. The third kappa shape index (κ3) is 1.75. The van der Waals surface area contributed by atoms with Crippen LogP contribution in [0.4, 0.5) is 0 Å². The molecule has 0 aliphatic heterocycles. The molecule has 0 radical (unpaired) electrons. The lowest BCUT2D eigenvalue weighted by Gasteiger charge is -2.38. The molecule has 2 saturated carbocycles. The Balaban J connectivity index is 1.76. The molecule has 0 heterocycles. The summed E-state index contributed by atoms with van der Waals surface area (Å²) in [6, 6.07) is 6.25. The molecule has 108 valence electrons. The number of phenolic OH excluding ortho intramolecular Hbond substituents is 1. The zero-order valence-electron chi connectivity index (χ0n) is 12.3. The molecule has 3 atom stereocenters. The molecule has 3 nitrogen and oxygen atoms in total. The van der Waals surface area contributed by atoms with E-state index >= 15 is 0 Å². The van der Waals surface area contributed by atoms with E-state index in [9.17, 15) is 9.90 Å². The number of rotatable bonds is 2. The van der Waals surface area contributed by atoms with E-state index in [1.54, 1.807) is 12.1 Å². The quantitative estimate of drug-likeness (QED) is 0.835. The third-order valence-corrected chi connectivity index (χ3v) is 6.07. The van der Waals surface area contributed by atoms with Gasteiger partial charge >= 0.3 is 5.97 Å². The standard InChI is InChI=1S/C17H22O3/c1-16(2)12-8-9-17(16,3)14(10-12)20-15(19)11-4-6-13(18)7-5-11/h4-7,12,14,18H,8-10H2,1-3H3/t12-,14+,17-/m1/s1. The molecule has 1 N–H and O–H groups in total. The molecule has 20 heavy (non-hydrogen) atoms. The van der Waals surface area contributed by atoms with Crippen molar-refractivity contribution < 1.29 is 14.6 Å². The maximum atomic E-state index is 12.2. The molecule has 0 spiro atoms. The normalized spacial score (nSPS) is 34.1. The van der Waals surface area contributed by atoms with Crippen LogP contribution in [-0.4, -0.2) is 17.2 Å². The first-order chi connectivity index (χ1) is 9.34. The molecular formula is C17H22O3. The zero-order chi connectivity index (χ0) is 14.5. The van der Waals surface area contributed by atoms with Crippen LogP contribution in [0.5, 0.6) is 5.75 Å². The molecule has 1 aromatic carbocycles. The van der Waals surface area contributed by atoms with Crippen LogP contribution in [0.15, 0.2) is 24.3 Å². The van der Waals surface area contributed by atoms with Gasteiger partial charge in [0.25, 0.3) is 0 Å². The first-order valence-corrected chi connectivity index (χ1v) is 7.34. The van der Waals surface area contributed by atoms with Gasteiger partial charge < -0.3 is 9.84 Å². The molecule has 2 bridgehead atoms. The van der Waals surface area contributed by atoms with Gasteiger partial charge in [0.15, 0.2) is 0 Å². The van der Waals surface area contributed by atoms with Gasteiger partial charge in [0, 0.05) is 5.41 Å². The lowest BCUT2D eigenvalue weighted by molar-refractivity contribution is -0.0242. The highest BCUT2D eigenvalue weighted by Gasteiger charge is 2.62. The SMILES string of the molecule is CC1(C)[C@@H]2CC[C@]1(C)[C@@H](OC(=O)c1ccc(O)cc1)C2. The molecule has 3 heteroatoms. The maximum Gasteiger partial charge on any atom is 0.338 e. The van der Waals surface area contributed by atoms with E-state index in [4.69, 9.17) is 4.74 Å². The lowest BCUT2D eigenvalue weighted by atomic mass is 9.70. The third-order valence-electron chi connectivity index (χ3n) is 6.07. The van der Waals surface area contributed by atoms with Crippen molar-refractivity contribution in [1.29, 1.82) is 0 Å². The predicted molar refractivity (Wildman–Crippen MR) is 76.5 cm³/mol. The molecule has 2 aliphatic carbocycles. The number of benzene rings is 1. The van der Waals surface area contributed by atoms with Crippen LogP contribution in [0.2, 0.25) is 0 Å². The van der Waals surface area contributed by atoms with E-state index in [-0.39, 0.29) is 28.7 Å². The van der Waals surface area contributed by atoms with E-state index in [2.05, 4.69) is 20.8 Å². The largest absolute Gasteiger partial charge is 0.508 e. The fourth-order valence-electron chi connectivity index (χ4n) is 4.10. The summed E-state index contributed by atoms with van der Waals surface area (Å²) in [5, 5.41) is 9.27. The molecule has 2 aliphatic rings. The van der Waals surface area contributed by atoms with Crippen LogP contribution in [0.1, 0.15) is 50.4 Å². The van der Waals surface area contributed by atoms with E-state index in [0.717, 1.165) is 12.8 Å². The number of carbonyl (C=O) groups excluding carboxylic acids is 1. The van der Waals surface area contributed by atoms with Crippen molar-refractivity contribution in [2.24, 2.45) is 16.7 Å². The summed E-state index contributed by atoms with van der Waals surface area (Å²) in [5.41, 5.74) is 0.837. The predicted octanol–water partition coefficient (Wildman–Crippen LogP) is 3.76. The summed E-state index contributed by atoms with van der Waals surface area (Å²) in [5.74, 6) is 0.541. The minimum absolute atomic E-state index is 0.0116. The van der Waals surface area contributed by atoms with E-state index in [0.29, 0.717) is 11.5 Å². The smallest absolute Gasteiger partial charge is 0.338 e. The summed E-state index contributed by atoms with van der Waals surface area (Å²) in [4.78, 5) is 12.2. The summed E-state index contributed by atoms with van der Waals surface area (Å²) < 4.78 is 5.79. The van der Waals surface area contributed by atoms with Crippen molar-refractivity contribution in [3.63, 3.8) is 0 Å². The summed E-state index contributed by atoms with van der Waals surface area (Å²) in [6.45, 7) is 6.87. The molecule has 0 unspecified atom stereocenters. The van der Waals surface area contributed by atoms with Crippen LogP contribution >= 0.6 is 0 Å². The number of esters is 1. The highest BCUT2D eigenvalue weighted by molar-refractivity contribution is 5.89. The van der Waals surface area contributed by atoms with Crippen LogP contribution in [0.3, 0.4) is 0 Å². The highest BCUT2D eigenvalue weighted by Crippen LogP contribution is 2.66. The van der Waals surface area contributed by atoms with E-state index < -0.39 is 0 Å². The summed E-state index contributed by atoms with van der Waals surface area (Å²) >= 11 is 0. The van der Waals surface area contributed by atoms with Crippen LogP contribution < -0.4 is 0 Å². The summed E-state index contributed by atoms with van der Waals surface area (Å²) in [6.07, 6.45) is 3.37. The summed E-state index contributed by atoms with van der Waals surface area (Å²) in [7, 11) is 0. The Morgan fingerprint density at radius 3 is 2.40 bits per heavy atom. The van der Waals surface area contributed by atoms with Crippen LogP contribution in [0, 0.1) is 16.7 Å². The number of carbonyl (C=O) groups is 1. The van der Waals surface area contributed by atoms with Crippen LogP contribution in [0.25, 0.3) is 0 Å². The van der Waals surface area contributed by atoms with Crippen molar-refractivity contribution in [1.82, 2.24) is 0 Å². The van der Waals surface area contributed by atoms with Gasteiger partial charge in [0.1, 0.15) is 11.9 Å². The van der Waals surface area contributed by atoms with Gasteiger partial charge in [-0.25, -0.2) is 4.79 Å².